The number of carbonyl (C=O) groups excluding carboxylic acids is 2. The second-order valence-electron chi connectivity index (χ2n) is 4.43. The van der Waals surface area contributed by atoms with Crippen LogP contribution in [-0.4, -0.2) is 39.6 Å². The van der Waals surface area contributed by atoms with Gasteiger partial charge in [-0.15, -0.1) is 0 Å². The van der Waals surface area contributed by atoms with Crippen LogP contribution in [0.25, 0.3) is 0 Å². The highest BCUT2D eigenvalue weighted by Gasteiger charge is 2.36. The van der Waals surface area contributed by atoms with Crippen molar-refractivity contribution < 1.29 is 29.3 Å². The summed E-state index contributed by atoms with van der Waals surface area (Å²) in [6.07, 6.45) is -0.931. The second-order valence-corrected chi connectivity index (χ2v) is 4.43. The number of aliphatic carboxylic acids is 1. The Morgan fingerprint density at radius 2 is 1.81 bits per heavy atom. The van der Waals surface area contributed by atoms with Crippen molar-refractivity contribution in [2.45, 2.75) is 44.8 Å². The summed E-state index contributed by atoms with van der Waals surface area (Å²) in [6, 6.07) is 0. The molecule has 0 bridgehead atoms. The van der Waals surface area contributed by atoms with Gasteiger partial charge < -0.3 is 14.9 Å². The number of carboxylic acid groups (broad SMARTS) is 1. The van der Waals surface area contributed by atoms with E-state index in [9.17, 15) is 19.5 Å². The highest BCUT2D eigenvalue weighted by molar-refractivity contribution is 5.95. The number of hydrogen-bond donors (Lipinski definition) is 2. The van der Waals surface area contributed by atoms with Crippen LogP contribution in [0.1, 0.15) is 33.6 Å². The van der Waals surface area contributed by atoms with Gasteiger partial charge in [-0.2, -0.15) is 0 Å². The Morgan fingerprint density at radius 1 is 1.31 bits per heavy atom. The Labute approximate surface area is 93.2 Å². The lowest BCUT2D eigenvalue weighted by molar-refractivity contribution is -0.163. The number of aldehydes is 1. The Hall–Kier alpha value is -1.43. The predicted molar refractivity (Wildman–Crippen MR) is 53.7 cm³/mol. The van der Waals surface area contributed by atoms with Gasteiger partial charge in [0, 0.05) is 12.8 Å². The number of aliphatic hydroxyl groups is 1. The standard InChI is InChI=1S/C10H16O6/c1-9(2,3)16-7(12)4-5-10(15,6-11)8(13)14/h6,15H,4-5H2,1-3H3,(H,13,14). The van der Waals surface area contributed by atoms with Gasteiger partial charge in [-0.25, -0.2) is 4.79 Å². The van der Waals surface area contributed by atoms with E-state index >= 15 is 0 Å². The lowest BCUT2D eigenvalue weighted by Crippen LogP contribution is -2.41. The van der Waals surface area contributed by atoms with Gasteiger partial charge in [0.1, 0.15) is 5.60 Å². The Kier molecular flexibility index (Phi) is 4.61. The summed E-state index contributed by atoms with van der Waals surface area (Å²) in [5.74, 6) is -2.33. The van der Waals surface area contributed by atoms with Crippen LogP contribution in [0.3, 0.4) is 0 Å². The lowest BCUT2D eigenvalue weighted by Gasteiger charge is -2.21. The molecular weight excluding hydrogens is 216 g/mol. The summed E-state index contributed by atoms with van der Waals surface area (Å²) >= 11 is 0. The van der Waals surface area contributed by atoms with Crippen LogP contribution in [0.15, 0.2) is 0 Å². The number of ether oxygens (including phenoxy) is 1. The molecule has 0 saturated heterocycles. The van der Waals surface area contributed by atoms with E-state index in [2.05, 4.69) is 0 Å². The summed E-state index contributed by atoms with van der Waals surface area (Å²) < 4.78 is 4.90. The van der Waals surface area contributed by atoms with Crippen LogP contribution >= 0.6 is 0 Å². The van der Waals surface area contributed by atoms with Crippen molar-refractivity contribution in [2.24, 2.45) is 0 Å². The molecule has 0 aliphatic carbocycles. The van der Waals surface area contributed by atoms with Crippen LogP contribution in [0.2, 0.25) is 0 Å². The first kappa shape index (κ1) is 14.6. The zero-order chi connectivity index (χ0) is 13.0. The van der Waals surface area contributed by atoms with Gasteiger partial charge in [0.15, 0.2) is 6.29 Å². The fourth-order valence-electron chi connectivity index (χ4n) is 0.901. The molecule has 0 rings (SSSR count). The fourth-order valence-corrected chi connectivity index (χ4v) is 0.901. The molecule has 0 aromatic rings. The van der Waals surface area contributed by atoms with Crippen molar-refractivity contribution in [3.8, 4) is 0 Å². The third kappa shape index (κ3) is 4.88. The van der Waals surface area contributed by atoms with Gasteiger partial charge in [-0.3, -0.25) is 9.59 Å². The molecule has 1 unspecified atom stereocenters. The van der Waals surface area contributed by atoms with E-state index in [1.807, 2.05) is 0 Å². The minimum Gasteiger partial charge on any atom is -0.479 e. The highest BCUT2D eigenvalue weighted by atomic mass is 16.6. The Bertz CT molecular complexity index is 290. The molecule has 0 spiro atoms. The third-order valence-electron chi connectivity index (χ3n) is 1.70. The lowest BCUT2D eigenvalue weighted by atomic mass is 10.00. The molecule has 6 heteroatoms. The van der Waals surface area contributed by atoms with Gasteiger partial charge in [0.05, 0.1) is 0 Å². The first-order valence-corrected chi connectivity index (χ1v) is 4.75. The van der Waals surface area contributed by atoms with E-state index in [4.69, 9.17) is 9.84 Å². The maximum atomic E-state index is 11.2. The molecule has 1 atom stereocenters. The molecule has 0 heterocycles. The fraction of sp³-hybridized carbons (Fsp3) is 0.700. The summed E-state index contributed by atoms with van der Waals surface area (Å²) in [7, 11) is 0. The molecule has 16 heavy (non-hydrogen) atoms. The number of carboxylic acids is 1. The van der Waals surface area contributed by atoms with Gasteiger partial charge in [-0.1, -0.05) is 0 Å². The number of hydrogen-bond acceptors (Lipinski definition) is 5. The molecule has 0 amide bonds. The average molecular weight is 232 g/mol. The Morgan fingerprint density at radius 3 is 2.12 bits per heavy atom. The van der Waals surface area contributed by atoms with Crippen molar-refractivity contribution >= 4 is 18.2 Å². The van der Waals surface area contributed by atoms with Crippen LogP contribution in [0.5, 0.6) is 0 Å². The third-order valence-corrected chi connectivity index (χ3v) is 1.70. The summed E-state index contributed by atoms with van der Waals surface area (Å²) in [6.45, 7) is 4.98. The molecule has 0 aliphatic rings. The zero-order valence-corrected chi connectivity index (χ0v) is 9.52. The normalized spacial score (nSPS) is 15.0. The molecule has 0 aromatic carbocycles. The highest BCUT2D eigenvalue weighted by Crippen LogP contribution is 2.14. The van der Waals surface area contributed by atoms with Crippen LogP contribution < -0.4 is 0 Å². The van der Waals surface area contributed by atoms with E-state index in [0.29, 0.717) is 0 Å². The molecule has 92 valence electrons. The predicted octanol–water partition coefficient (Wildman–Crippen LogP) is 0.123. The van der Waals surface area contributed by atoms with Gasteiger partial charge in [-0.05, 0) is 20.8 Å². The zero-order valence-electron chi connectivity index (χ0n) is 9.52. The van der Waals surface area contributed by atoms with Crippen LogP contribution in [0.4, 0.5) is 0 Å². The summed E-state index contributed by atoms with van der Waals surface area (Å²) in [4.78, 5) is 32.1. The first-order valence-electron chi connectivity index (χ1n) is 4.75. The quantitative estimate of drug-likeness (QED) is 0.396. The molecule has 0 radical (unpaired) electrons. The maximum Gasteiger partial charge on any atom is 0.343 e. The van der Waals surface area contributed by atoms with Gasteiger partial charge >= 0.3 is 11.9 Å². The minimum atomic E-state index is -2.52. The smallest absolute Gasteiger partial charge is 0.343 e. The van der Waals surface area contributed by atoms with Crippen molar-refractivity contribution in [3.05, 3.63) is 0 Å². The molecule has 0 aromatic heterocycles. The van der Waals surface area contributed by atoms with Crippen molar-refractivity contribution in [1.82, 2.24) is 0 Å². The van der Waals surface area contributed by atoms with E-state index < -0.39 is 29.6 Å². The second kappa shape index (κ2) is 5.07. The summed E-state index contributed by atoms with van der Waals surface area (Å²) in [5, 5.41) is 17.8. The van der Waals surface area contributed by atoms with Gasteiger partial charge in [0.2, 0.25) is 5.60 Å². The van der Waals surface area contributed by atoms with E-state index in [1.165, 1.54) is 0 Å². The Balaban J connectivity index is 4.29. The minimum absolute atomic E-state index is 0.0975. The van der Waals surface area contributed by atoms with Crippen LogP contribution in [0, 0.1) is 0 Å². The topological polar surface area (TPSA) is 101 Å². The largest absolute Gasteiger partial charge is 0.479 e. The summed E-state index contributed by atoms with van der Waals surface area (Å²) in [5.41, 5.74) is -3.20. The molecule has 6 nitrogen and oxygen atoms in total. The molecule has 0 aliphatic heterocycles. The van der Waals surface area contributed by atoms with E-state index in [0.717, 1.165) is 0 Å². The molecule has 0 saturated carbocycles. The van der Waals surface area contributed by atoms with E-state index in [1.54, 1.807) is 20.8 Å². The molecule has 0 fully saturated rings. The number of esters is 1. The first-order chi connectivity index (χ1) is 7.10. The molecule has 2 N–H and O–H groups in total. The van der Waals surface area contributed by atoms with Crippen molar-refractivity contribution in [3.63, 3.8) is 0 Å². The SMILES string of the molecule is CC(C)(C)OC(=O)CCC(O)(C=O)C(=O)O. The van der Waals surface area contributed by atoms with Crippen molar-refractivity contribution in [2.75, 3.05) is 0 Å². The number of carbonyl (C=O) groups is 3. The maximum absolute atomic E-state index is 11.2. The van der Waals surface area contributed by atoms with Gasteiger partial charge in [0.25, 0.3) is 0 Å². The van der Waals surface area contributed by atoms with Crippen LogP contribution in [-0.2, 0) is 19.1 Å². The monoisotopic (exact) mass is 232 g/mol. The van der Waals surface area contributed by atoms with Crippen molar-refractivity contribution in [1.29, 1.82) is 0 Å². The number of rotatable bonds is 5. The van der Waals surface area contributed by atoms with E-state index in [-0.39, 0.29) is 12.7 Å². The average Bonchev–Trinajstić information content (AvgIpc) is 2.11. The molecular formula is C10H16O6.